The molecule has 10 rings (SSSR count). The number of benzene rings is 9. The Bertz CT molecular complexity index is 2730. The molecule has 0 amide bonds. The first kappa shape index (κ1) is 34.7. The van der Waals surface area contributed by atoms with Crippen molar-refractivity contribution in [2.24, 2.45) is 0 Å². The topological polar surface area (TPSA) is 4.93 Å². The van der Waals surface area contributed by atoms with Gasteiger partial charge in [0.05, 0.1) is 11.0 Å². The van der Waals surface area contributed by atoms with E-state index >= 15 is 0 Å². The molecule has 1 nitrogen and oxygen atoms in total. The van der Waals surface area contributed by atoms with Gasteiger partial charge < -0.3 is 4.57 Å². The molecule has 0 aliphatic carbocycles. The van der Waals surface area contributed by atoms with Crippen LogP contribution in [0.5, 0.6) is 0 Å². The van der Waals surface area contributed by atoms with Gasteiger partial charge in [-0.2, -0.15) is 0 Å². The number of rotatable bonds is 9. The second-order valence-electron chi connectivity index (χ2n) is 14.8. The third-order valence-corrected chi connectivity index (χ3v) is 21.4. The molecule has 1 heterocycles. The van der Waals surface area contributed by atoms with Crippen LogP contribution < -0.4 is 41.5 Å². The second-order valence-corrected chi connectivity index (χ2v) is 22.4. The van der Waals surface area contributed by atoms with E-state index in [0.29, 0.717) is 0 Å². The molecule has 0 bridgehead atoms. The molecule has 0 spiro atoms. The van der Waals surface area contributed by atoms with E-state index in [2.05, 4.69) is 253 Å². The summed E-state index contributed by atoms with van der Waals surface area (Å²) in [5.41, 5.74) is 3.60. The molecule has 57 heavy (non-hydrogen) atoms. The van der Waals surface area contributed by atoms with Gasteiger partial charge in [0, 0.05) is 16.5 Å². The first-order chi connectivity index (χ1) is 28.3. The van der Waals surface area contributed by atoms with Crippen molar-refractivity contribution in [2.45, 2.75) is 0 Å². The number of hydrogen-bond acceptors (Lipinski definition) is 0. The molecule has 9 aromatic carbocycles. The van der Waals surface area contributed by atoms with Crippen molar-refractivity contribution >= 4 is 79.4 Å². The summed E-state index contributed by atoms with van der Waals surface area (Å²) >= 11 is 0. The summed E-state index contributed by atoms with van der Waals surface area (Å²) in [5, 5.41) is 13.5. The molecule has 0 N–H and O–H groups in total. The SMILES string of the molecule is c1ccc([Si](c2ccccc2)(c2ccccc2)c2cccc(-n3c4ccccc4c4ccc([Si](c5ccccc5)(c5ccccc5)c5ccccc5)cc43)c2)cc1. The van der Waals surface area contributed by atoms with Gasteiger partial charge in [-0.25, -0.2) is 0 Å². The van der Waals surface area contributed by atoms with Crippen LogP contribution >= 0.6 is 0 Å². The minimum Gasteiger partial charge on any atom is -0.309 e. The van der Waals surface area contributed by atoms with Crippen molar-refractivity contribution in [3.63, 3.8) is 0 Å². The van der Waals surface area contributed by atoms with Gasteiger partial charge in [-0.3, -0.25) is 0 Å². The van der Waals surface area contributed by atoms with E-state index < -0.39 is 16.1 Å². The molecule has 10 aromatic rings. The Morgan fingerprint density at radius 1 is 0.228 bits per heavy atom. The fourth-order valence-corrected chi connectivity index (χ4v) is 19.0. The molecular formula is C54H41NSi2. The third kappa shape index (κ3) is 5.66. The Hall–Kier alpha value is -6.79. The normalized spacial score (nSPS) is 11.9. The highest BCUT2D eigenvalue weighted by Gasteiger charge is 2.43. The van der Waals surface area contributed by atoms with Crippen LogP contribution in [0, 0.1) is 0 Å². The van der Waals surface area contributed by atoms with Crippen molar-refractivity contribution in [3.8, 4) is 5.69 Å². The maximum Gasteiger partial charge on any atom is 0.179 e. The lowest BCUT2D eigenvalue weighted by atomic mass is 10.1. The summed E-state index contributed by atoms with van der Waals surface area (Å²) in [6.45, 7) is 0. The van der Waals surface area contributed by atoms with Gasteiger partial charge in [0.15, 0.2) is 16.1 Å². The zero-order valence-electron chi connectivity index (χ0n) is 31.6. The van der Waals surface area contributed by atoms with Gasteiger partial charge in [-0.1, -0.05) is 224 Å². The highest BCUT2D eigenvalue weighted by molar-refractivity contribution is 7.20. The standard InChI is InChI=1S/C54H41NSi2/c1-7-23-43(24-8-1)56(44-25-9-2-10-26-44,45-27-11-3-12-28-45)49-35-21-22-42(40-49)55-53-37-20-19-36-51(53)52-39-38-50(41-54(52)55)57(46-29-13-4-14-30-46,47-31-15-5-16-32-47)48-33-17-6-18-34-48/h1-41H. The number of nitrogens with zero attached hydrogens (tertiary/aromatic N) is 1. The molecule has 270 valence electrons. The van der Waals surface area contributed by atoms with Crippen molar-refractivity contribution in [1.29, 1.82) is 0 Å². The highest BCUT2D eigenvalue weighted by atomic mass is 28.3. The van der Waals surface area contributed by atoms with E-state index in [0.717, 1.165) is 0 Å². The van der Waals surface area contributed by atoms with Crippen molar-refractivity contribution in [1.82, 2.24) is 4.57 Å². The van der Waals surface area contributed by atoms with Gasteiger partial charge in [-0.15, -0.1) is 0 Å². The van der Waals surface area contributed by atoms with E-state index in [1.165, 1.54) is 69.0 Å². The second kappa shape index (κ2) is 14.7. The zero-order chi connectivity index (χ0) is 38.1. The molecule has 1 aromatic heterocycles. The van der Waals surface area contributed by atoms with Gasteiger partial charge in [0.1, 0.15) is 0 Å². The molecule has 0 unspecified atom stereocenters. The largest absolute Gasteiger partial charge is 0.309 e. The first-order valence-corrected chi connectivity index (χ1v) is 23.8. The third-order valence-electron chi connectivity index (χ3n) is 11.9. The van der Waals surface area contributed by atoms with Crippen molar-refractivity contribution in [2.75, 3.05) is 0 Å². The molecule has 0 aliphatic heterocycles. The van der Waals surface area contributed by atoms with Gasteiger partial charge >= 0.3 is 0 Å². The van der Waals surface area contributed by atoms with E-state index in [1.807, 2.05) is 0 Å². The average molecular weight is 760 g/mol. The van der Waals surface area contributed by atoms with Gasteiger partial charge in [0.25, 0.3) is 0 Å². The van der Waals surface area contributed by atoms with Crippen LogP contribution in [0.15, 0.2) is 249 Å². The van der Waals surface area contributed by atoms with Crippen LogP contribution in [0.25, 0.3) is 27.5 Å². The minimum absolute atomic E-state index is 1.17. The minimum atomic E-state index is -2.77. The fraction of sp³-hybridized carbons (Fsp3) is 0. The van der Waals surface area contributed by atoms with E-state index in [9.17, 15) is 0 Å². The molecule has 3 heteroatoms. The average Bonchev–Trinajstić information content (AvgIpc) is 3.63. The Morgan fingerprint density at radius 3 is 0.982 bits per heavy atom. The van der Waals surface area contributed by atoms with Crippen LogP contribution in [0.4, 0.5) is 0 Å². The van der Waals surface area contributed by atoms with Crippen molar-refractivity contribution in [3.05, 3.63) is 249 Å². The highest BCUT2D eigenvalue weighted by Crippen LogP contribution is 2.32. The van der Waals surface area contributed by atoms with Crippen LogP contribution in [-0.4, -0.2) is 20.7 Å². The smallest absolute Gasteiger partial charge is 0.179 e. The summed E-state index contributed by atoms with van der Waals surface area (Å²) in [4.78, 5) is 0. The zero-order valence-corrected chi connectivity index (χ0v) is 33.6. The predicted octanol–water partition coefficient (Wildman–Crippen LogP) is 7.54. The number of aromatic nitrogens is 1. The maximum atomic E-state index is 2.53. The van der Waals surface area contributed by atoms with Crippen molar-refractivity contribution < 1.29 is 0 Å². The first-order valence-electron chi connectivity index (χ1n) is 19.8. The van der Waals surface area contributed by atoms with E-state index in [-0.39, 0.29) is 0 Å². The maximum absolute atomic E-state index is 2.77. The number of fused-ring (bicyclic) bond motifs is 3. The molecule has 0 fully saturated rings. The molecular weight excluding hydrogens is 719 g/mol. The van der Waals surface area contributed by atoms with Gasteiger partial charge in [-0.05, 0) is 65.8 Å². The summed E-state index contributed by atoms with van der Waals surface area (Å²) in [6, 6.07) is 93.0. The summed E-state index contributed by atoms with van der Waals surface area (Å²) in [6.07, 6.45) is 0. The Kier molecular flexibility index (Phi) is 8.95. The summed E-state index contributed by atoms with van der Waals surface area (Å²) < 4.78 is 2.53. The number of hydrogen-bond donors (Lipinski definition) is 0. The lowest BCUT2D eigenvalue weighted by molar-refractivity contribution is 1.18. The van der Waals surface area contributed by atoms with Crippen LogP contribution in [-0.2, 0) is 0 Å². The lowest BCUT2D eigenvalue weighted by Gasteiger charge is -2.35. The van der Waals surface area contributed by atoms with Gasteiger partial charge in [0.2, 0.25) is 0 Å². The Morgan fingerprint density at radius 2 is 0.561 bits per heavy atom. The molecule has 0 atom stereocenters. The molecule has 0 aliphatic rings. The number of para-hydroxylation sites is 1. The lowest BCUT2D eigenvalue weighted by Crippen LogP contribution is -2.74. The molecule has 0 saturated carbocycles. The predicted molar refractivity (Wildman–Crippen MR) is 248 cm³/mol. The summed E-state index contributed by atoms with van der Waals surface area (Å²) in [7, 11) is -5.53. The Labute approximate surface area is 336 Å². The van der Waals surface area contributed by atoms with Crippen LogP contribution in [0.1, 0.15) is 0 Å². The van der Waals surface area contributed by atoms with Crippen LogP contribution in [0.3, 0.4) is 0 Å². The fourth-order valence-electron chi connectivity index (χ4n) is 9.49. The quantitative estimate of drug-likeness (QED) is 0.106. The summed E-state index contributed by atoms with van der Waals surface area (Å²) in [5.74, 6) is 0. The van der Waals surface area contributed by atoms with E-state index in [4.69, 9.17) is 0 Å². The molecule has 0 radical (unpaired) electrons. The van der Waals surface area contributed by atoms with Crippen LogP contribution in [0.2, 0.25) is 0 Å². The molecule has 0 saturated heterocycles. The van der Waals surface area contributed by atoms with E-state index in [1.54, 1.807) is 0 Å². The Balaban J connectivity index is 1.28. The monoisotopic (exact) mass is 759 g/mol.